The molecule has 1 heterocycles. The van der Waals surface area contributed by atoms with Crippen LogP contribution in [0, 0.1) is 11.8 Å². The molecule has 3 rings (SSSR count). The molecule has 0 bridgehead atoms. The third-order valence-corrected chi connectivity index (χ3v) is 4.97. The smallest absolute Gasteiger partial charge is 0.229 e. The van der Waals surface area contributed by atoms with Crippen molar-refractivity contribution in [3.05, 3.63) is 35.7 Å². The van der Waals surface area contributed by atoms with Crippen LogP contribution in [0.3, 0.4) is 0 Å². The average molecular weight is 329 g/mol. The molecule has 1 aromatic heterocycles. The minimum absolute atomic E-state index is 0.270. The van der Waals surface area contributed by atoms with Crippen LogP contribution in [-0.4, -0.2) is 16.9 Å². The maximum Gasteiger partial charge on any atom is 0.229 e. The van der Waals surface area contributed by atoms with E-state index < -0.39 is 17.8 Å². The van der Waals surface area contributed by atoms with E-state index in [1.807, 2.05) is 35.7 Å². The van der Waals surface area contributed by atoms with Gasteiger partial charge in [-0.25, -0.2) is 4.98 Å². The molecule has 1 N–H and O–H groups in total. The molecule has 0 aliphatic heterocycles. The Hall–Kier alpha value is -2.21. The number of nitrogens with zero attached hydrogens (tertiary/aromatic N) is 1. The highest BCUT2D eigenvalue weighted by Crippen LogP contribution is 2.31. The Bertz CT molecular complexity index is 699. The molecule has 120 valence electrons. The summed E-state index contributed by atoms with van der Waals surface area (Å²) in [5, 5.41) is 16.3. The predicted molar refractivity (Wildman–Crippen MR) is 86.6 cm³/mol. The van der Waals surface area contributed by atoms with E-state index in [9.17, 15) is 14.7 Å². The molecule has 1 saturated carbocycles. The van der Waals surface area contributed by atoms with Gasteiger partial charge in [0.1, 0.15) is 0 Å². The second-order valence-corrected chi connectivity index (χ2v) is 6.57. The third-order valence-electron chi connectivity index (χ3n) is 4.21. The van der Waals surface area contributed by atoms with Crippen LogP contribution < -0.4 is 10.4 Å². The Labute approximate surface area is 138 Å². The zero-order chi connectivity index (χ0) is 16.2. The van der Waals surface area contributed by atoms with Crippen LogP contribution in [0.1, 0.15) is 25.7 Å². The summed E-state index contributed by atoms with van der Waals surface area (Å²) in [7, 11) is 0. The summed E-state index contributed by atoms with van der Waals surface area (Å²) < 4.78 is 0. The van der Waals surface area contributed by atoms with Gasteiger partial charge in [0.05, 0.1) is 5.69 Å². The Morgan fingerprint density at radius 2 is 1.83 bits per heavy atom. The largest absolute Gasteiger partial charge is 0.550 e. The number of carbonyl (C=O) groups excluding carboxylic acids is 2. The molecular weight excluding hydrogens is 312 g/mol. The van der Waals surface area contributed by atoms with Crippen molar-refractivity contribution in [3.63, 3.8) is 0 Å². The summed E-state index contributed by atoms with van der Waals surface area (Å²) in [5.41, 5.74) is 1.78. The van der Waals surface area contributed by atoms with E-state index in [0.717, 1.165) is 24.1 Å². The number of nitrogens with one attached hydrogen (secondary N) is 1. The van der Waals surface area contributed by atoms with Gasteiger partial charge in [-0.1, -0.05) is 43.2 Å². The summed E-state index contributed by atoms with van der Waals surface area (Å²) in [6.45, 7) is 0. The number of anilines is 1. The molecule has 0 spiro atoms. The van der Waals surface area contributed by atoms with Crippen LogP contribution in [0.5, 0.6) is 0 Å². The lowest BCUT2D eigenvalue weighted by Crippen LogP contribution is -2.42. The highest BCUT2D eigenvalue weighted by atomic mass is 32.1. The number of hydrogen-bond acceptors (Lipinski definition) is 5. The summed E-state index contributed by atoms with van der Waals surface area (Å²) in [5.74, 6) is -2.63. The second-order valence-electron chi connectivity index (χ2n) is 5.71. The molecule has 2 unspecified atom stereocenters. The van der Waals surface area contributed by atoms with Gasteiger partial charge in [0, 0.05) is 28.7 Å². The standard InChI is InChI=1S/C17H18N2O3S/c20-15(12-8-4-5-9-13(12)16(21)22)19-17-18-14(10-23-17)11-6-2-1-3-7-11/h1-3,6-7,10,12-13H,4-5,8-9H2,(H,21,22)(H,18,19,20)/p-1. The molecule has 2 atom stereocenters. The van der Waals surface area contributed by atoms with Crippen molar-refractivity contribution in [2.75, 3.05) is 5.32 Å². The monoisotopic (exact) mass is 329 g/mol. The van der Waals surface area contributed by atoms with Crippen molar-refractivity contribution in [2.45, 2.75) is 25.7 Å². The molecule has 2 aromatic rings. The maximum absolute atomic E-state index is 12.4. The number of amides is 1. The number of benzene rings is 1. The van der Waals surface area contributed by atoms with Crippen LogP contribution in [0.4, 0.5) is 5.13 Å². The van der Waals surface area contributed by atoms with Crippen LogP contribution in [0.25, 0.3) is 11.3 Å². The van der Waals surface area contributed by atoms with Crippen LogP contribution in [0.2, 0.25) is 0 Å². The molecule has 1 amide bonds. The van der Waals surface area contributed by atoms with Gasteiger partial charge in [-0.15, -0.1) is 11.3 Å². The van der Waals surface area contributed by atoms with E-state index in [-0.39, 0.29) is 5.91 Å². The number of thiazole rings is 1. The summed E-state index contributed by atoms with van der Waals surface area (Å²) in [6, 6.07) is 9.70. The lowest BCUT2D eigenvalue weighted by molar-refractivity contribution is -0.313. The summed E-state index contributed by atoms with van der Waals surface area (Å²) in [6.07, 6.45) is 2.79. The molecule has 0 radical (unpaired) electrons. The molecule has 1 aliphatic carbocycles. The summed E-state index contributed by atoms with van der Waals surface area (Å²) >= 11 is 1.34. The Kier molecular flexibility index (Phi) is 4.71. The fourth-order valence-electron chi connectivity index (χ4n) is 3.00. The fourth-order valence-corrected chi connectivity index (χ4v) is 3.72. The predicted octanol–water partition coefficient (Wildman–Crippen LogP) is 2.30. The topological polar surface area (TPSA) is 82.1 Å². The second kappa shape index (κ2) is 6.91. The molecule has 5 nitrogen and oxygen atoms in total. The van der Waals surface area contributed by atoms with Crippen molar-refractivity contribution in [2.24, 2.45) is 11.8 Å². The maximum atomic E-state index is 12.4. The van der Waals surface area contributed by atoms with E-state index in [2.05, 4.69) is 10.3 Å². The number of aliphatic carboxylic acids is 1. The fraction of sp³-hybridized carbons (Fsp3) is 0.353. The average Bonchev–Trinajstić information content (AvgIpc) is 3.04. The van der Waals surface area contributed by atoms with Gasteiger partial charge in [-0.2, -0.15) is 0 Å². The highest BCUT2D eigenvalue weighted by molar-refractivity contribution is 7.14. The number of carboxylic acid groups (broad SMARTS) is 1. The van der Waals surface area contributed by atoms with E-state index in [4.69, 9.17) is 0 Å². The SMILES string of the molecule is O=C([O-])C1CCCCC1C(=O)Nc1nc(-c2ccccc2)cs1. The van der Waals surface area contributed by atoms with Gasteiger partial charge >= 0.3 is 0 Å². The molecule has 0 saturated heterocycles. The Morgan fingerprint density at radius 3 is 2.52 bits per heavy atom. The van der Waals surface area contributed by atoms with Gasteiger partial charge in [0.2, 0.25) is 5.91 Å². The third kappa shape index (κ3) is 3.59. The Morgan fingerprint density at radius 1 is 1.13 bits per heavy atom. The highest BCUT2D eigenvalue weighted by Gasteiger charge is 2.32. The van der Waals surface area contributed by atoms with E-state index in [0.29, 0.717) is 18.0 Å². The zero-order valence-electron chi connectivity index (χ0n) is 12.5. The number of carboxylic acids is 1. The zero-order valence-corrected chi connectivity index (χ0v) is 13.3. The van der Waals surface area contributed by atoms with Crippen molar-refractivity contribution in [3.8, 4) is 11.3 Å². The van der Waals surface area contributed by atoms with E-state index in [1.165, 1.54) is 11.3 Å². The quantitative estimate of drug-likeness (QED) is 0.933. The number of hydrogen-bond donors (Lipinski definition) is 1. The van der Waals surface area contributed by atoms with Crippen molar-refractivity contribution in [1.82, 2.24) is 4.98 Å². The normalized spacial score (nSPS) is 20.9. The molecule has 1 aliphatic rings. The first-order valence-electron chi connectivity index (χ1n) is 7.68. The lowest BCUT2D eigenvalue weighted by Gasteiger charge is -2.30. The van der Waals surface area contributed by atoms with Crippen LogP contribution in [0.15, 0.2) is 35.7 Å². The Balaban J connectivity index is 1.70. The van der Waals surface area contributed by atoms with Crippen molar-refractivity contribution < 1.29 is 14.7 Å². The lowest BCUT2D eigenvalue weighted by atomic mass is 9.79. The first-order chi connectivity index (χ1) is 11.1. The van der Waals surface area contributed by atoms with Crippen LogP contribution in [-0.2, 0) is 9.59 Å². The number of carbonyl (C=O) groups is 2. The summed E-state index contributed by atoms with van der Waals surface area (Å²) in [4.78, 5) is 28.0. The molecule has 23 heavy (non-hydrogen) atoms. The van der Waals surface area contributed by atoms with Crippen molar-refractivity contribution >= 4 is 28.3 Å². The first-order valence-corrected chi connectivity index (χ1v) is 8.56. The van der Waals surface area contributed by atoms with Gasteiger partial charge in [0.15, 0.2) is 5.13 Å². The van der Waals surface area contributed by atoms with Gasteiger partial charge < -0.3 is 15.2 Å². The first kappa shape index (κ1) is 15.7. The molecule has 1 fully saturated rings. The van der Waals surface area contributed by atoms with Gasteiger partial charge in [-0.05, 0) is 12.8 Å². The van der Waals surface area contributed by atoms with E-state index in [1.54, 1.807) is 0 Å². The van der Waals surface area contributed by atoms with Crippen LogP contribution >= 0.6 is 11.3 Å². The number of aromatic nitrogens is 1. The van der Waals surface area contributed by atoms with Gasteiger partial charge in [-0.3, -0.25) is 4.79 Å². The minimum atomic E-state index is -1.13. The van der Waals surface area contributed by atoms with Gasteiger partial charge in [0.25, 0.3) is 0 Å². The number of rotatable bonds is 4. The molecule has 6 heteroatoms. The minimum Gasteiger partial charge on any atom is -0.550 e. The molecule has 1 aromatic carbocycles. The van der Waals surface area contributed by atoms with Crippen molar-refractivity contribution in [1.29, 1.82) is 0 Å². The van der Waals surface area contributed by atoms with E-state index >= 15 is 0 Å². The molecular formula is C17H17N2O3S-.